The first-order chi connectivity index (χ1) is 18.9. The minimum Gasteiger partial charge on any atom is -0.408 e. The molecule has 4 heterocycles. The van der Waals surface area contributed by atoms with E-state index < -0.39 is 44.2 Å². The number of H-pyrrole nitrogens is 1. The van der Waals surface area contributed by atoms with E-state index in [1.54, 1.807) is 11.4 Å². The van der Waals surface area contributed by atoms with Gasteiger partial charge in [-0.05, 0) is 69.0 Å². The van der Waals surface area contributed by atoms with Gasteiger partial charge in [0.2, 0.25) is 11.6 Å². The van der Waals surface area contributed by atoms with Crippen LogP contribution in [0.2, 0.25) is 18.1 Å². The Hall–Kier alpha value is -1.12. The maximum atomic E-state index is 16.4. The summed E-state index contributed by atoms with van der Waals surface area (Å²) in [6.45, 7) is 18.9. The number of aromatic amines is 1. The van der Waals surface area contributed by atoms with Crippen LogP contribution in [-0.4, -0.2) is 63.7 Å². The van der Waals surface area contributed by atoms with Gasteiger partial charge in [0.1, 0.15) is 12.2 Å². The third kappa shape index (κ3) is 5.87. The number of hydrogen-bond donors (Lipinski definition) is 2. The standard InChI is InChI=1S/C26H41FN5O5PS2Si/c1-14(2)15-9-10-26(6)17(11-15)36-38(39,40-26)34-12-16-20(37-41(7,8)25(3,4)5)18(27)23(35-16)32-13-29-19-21(32)30-24(28)31-22(19)33/h13,15-18,20,23H,1,9-12H2,2-8H3,(H3,28,30,31,33)/t15-,16-,17+,18-,20-,23-,26+,38?/m1/s1. The molecule has 0 bridgehead atoms. The van der Waals surface area contributed by atoms with E-state index in [1.165, 1.54) is 10.9 Å². The fourth-order valence-electron chi connectivity index (χ4n) is 5.45. The highest BCUT2D eigenvalue weighted by molar-refractivity contribution is 8.68. The molecule has 3 aliphatic rings. The van der Waals surface area contributed by atoms with Gasteiger partial charge in [0.05, 0.1) is 19.0 Å². The normalized spacial score (nSPS) is 36.1. The Bertz CT molecular complexity index is 1450. The quantitative estimate of drug-likeness (QED) is 0.216. The Labute approximate surface area is 250 Å². The van der Waals surface area contributed by atoms with Crippen molar-refractivity contribution in [2.24, 2.45) is 5.92 Å². The van der Waals surface area contributed by atoms with Crippen LogP contribution in [0, 0.1) is 5.92 Å². The van der Waals surface area contributed by atoms with Gasteiger partial charge >= 0.3 is 0 Å². The lowest BCUT2D eigenvalue weighted by Crippen LogP contribution is -2.49. The molecule has 228 valence electrons. The summed E-state index contributed by atoms with van der Waals surface area (Å²) in [6, 6.07) is 0. The number of allylic oxidation sites excluding steroid dienone is 1. The van der Waals surface area contributed by atoms with Crippen LogP contribution >= 0.6 is 17.1 Å². The molecule has 2 aliphatic heterocycles. The summed E-state index contributed by atoms with van der Waals surface area (Å²) < 4.78 is 43.4. The predicted octanol–water partition coefficient (Wildman–Crippen LogP) is 5.84. The first kappa shape index (κ1) is 31.3. The summed E-state index contributed by atoms with van der Waals surface area (Å²) in [5.74, 6) is 0.312. The van der Waals surface area contributed by atoms with Gasteiger partial charge < -0.3 is 23.9 Å². The summed E-state index contributed by atoms with van der Waals surface area (Å²) in [5, 5.41) is -0.165. The van der Waals surface area contributed by atoms with Crippen LogP contribution in [0.15, 0.2) is 23.3 Å². The molecule has 3 N–H and O–H groups in total. The molecule has 0 amide bonds. The molecular weight excluding hydrogens is 605 g/mol. The second-order valence-electron chi connectivity index (χ2n) is 13.2. The van der Waals surface area contributed by atoms with E-state index >= 15 is 4.39 Å². The number of fused-ring (bicyclic) bond motifs is 2. The van der Waals surface area contributed by atoms with Crippen LogP contribution in [0.1, 0.15) is 60.1 Å². The minimum atomic E-state index is -2.73. The molecule has 2 aromatic heterocycles. The molecule has 10 nitrogen and oxygen atoms in total. The van der Waals surface area contributed by atoms with Crippen molar-refractivity contribution in [2.45, 2.75) is 107 Å². The van der Waals surface area contributed by atoms with Crippen molar-refractivity contribution < 1.29 is 22.6 Å². The van der Waals surface area contributed by atoms with Crippen LogP contribution in [0.3, 0.4) is 0 Å². The highest BCUT2D eigenvalue weighted by atomic mass is 32.9. The van der Waals surface area contributed by atoms with E-state index in [0.29, 0.717) is 5.92 Å². The number of alkyl halides is 1. The summed E-state index contributed by atoms with van der Waals surface area (Å²) in [5.41, 5.74) is 3.89. The van der Waals surface area contributed by atoms with Crippen molar-refractivity contribution in [3.8, 4) is 0 Å². The molecule has 15 heteroatoms. The molecule has 1 aliphatic carbocycles. The van der Waals surface area contributed by atoms with Crippen molar-refractivity contribution in [1.82, 2.24) is 19.5 Å². The molecule has 41 heavy (non-hydrogen) atoms. The smallest absolute Gasteiger partial charge is 0.280 e. The second-order valence-corrected chi connectivity index (χ2v) is 24.5. The fraction of sp³-hybridized carbons (Fsp3) is 0.731. The van der Waals surface area contributed by atoms with Crippen LogP contribution in [0.25, 0.3) is 11.2 Å². The van der Waals surface area contributed by atoms with Gasteiger partial charge in [-0.3, -0.25) is 14.3 Å². The van der Waals surface area contributed by atoms with Crippen molar-refractivity contribution in [3.63, 3.8) is 0 Å². The maximum absolute atomic E-state index is 16.4. The molecule has 2 aromatic rings. The van der Waals surface area contributed by atoms with Gasteiger partial charge in [-0.2, -0.15) is 4.98 Å². The number of aromatic nitrogens is 4. The average Bonchev–Trinajstić information content (AvgIpc) is 3.48. The van der Waals surface area contributed by atoms with E-state index in [0.717, 1.165) is 24.8 Å². The molecule has 5 rings (SSSR count). The molecular formula is C26H41FN5O5PS2Si. The lowest BCUT2D eigenvalue weighted by molar-refractivity contribution is -0.0405. The van der Waals surface area contributed by atoms with Crippen LogP contribution < -0.4 is 11.3 Å². The summed E-state index contributed by atoms with van der Waals surface area (Å²) in [4.78, 5) is 23.1. The summed E-state index contributed by atoms with van der Waals surface area (Å²) >= 11 is 7.59. The number of halogens is 1. The Balaban J connectivity index is 1.40. The number of nitrogen functional groups attached to an aromatic ring is 1. The highest BCUT2D eigenvalue weighted by Crippen LogP contribution is 2.75. The first-order valence-corrected chi connectivity index (χ1v) is 20.9. The fourth-order valence-corrected chi connectivity index (χ4v) is 13.9. The Kier molecular flexibility index (Phi) is 8.24. The Morgan fingerprint density at radius 3 is 2.83 bits per heavy atom. The average molecular weight is 646 g/mol. The number of ether oxygens (including phenoxy) is 1. The van der Waals surface area contributed by atoms with Crippen LogP contribution in [0.4, 0.5) is 10.3 Å². The molecule has 2 saturated heterocycles. The van der Waals surface area contributed by atoms with Gasteiger partial charge in [-0.1, -0.05) is 44.3 Å². The van der Waals surface area contributed by atoms with Gasteiger partial charge in [0.25, 0.3) is 5.56 Å². The molecule has 0 aromatic carbocycles. The molecule has 1 saturated carbocycles. The zero-order chi connectivity index (χ0) is 30.1. The van der Waals surface area contributed by atoms with Gasteiger partial charge in [-0.15, -0.1) is 0 Å². The number of imidazole rings is 1. The minimum absolute atomic E-state index is 0.00990. The predicted molar refractivity (Wildman–Crippen MR) is 167 cm³/mol. The van der Waals surface area contributed by atoms with Crippen molar-refractivity contribution >= 4 is 54.3 Å². The van der Waals surface area contributed by atoms with Crippen molar-refractivity contribution in [1.29, 1.82) is 0 Å². The number of nitrogens with two attached hydrogens (primary N) is 1. The molecule has 0 spiro atoms. The Morgan fingerprint density at radius 1 is 1.46 bits per heavy atom. The first-order valence-electron chi connectivity index (χ1n) is 13.9. The molecule has 0 radical (unpaired) electrons. The van der Waals surface area contributed by atoms with Gasteiger partial charge in [0.15, 0.2) is 31.9 Å². The monoisotopic (exact) mass is 645 g/mol. The summed E-state index contributed by atoms with van der Waals surface area (Å²) in [6.07, 6.45) is -0.237. The maximum Gasteiger partial charge on any atom is 0.280 e. The van der Waals surface area contributed by atoms with Crippen LogP contribution in [0.5, 0.6) is 0 Å². The largest absolute Gasteiger partial charge is 0.408 e. The van der Waals surface area contributed by atoms with E-state index in [-0.39, 0.29) is 39.6 Å². The van der Waals surface area contributed by atoms with Crippen molar-refractivity contribution in [3.05, 3.63) is 28.8 Å². The number of hydrogen-bond acceptors (Lipinski definition) is 10. The number of rotatable bonds is 7. The SMILES string of the molecule is C=C(C)[C@@H]1CC[C@]2(C)SP(=S)(OC[C@H]3O[C@@H](n4cnc5c(=O)[nH]c(N)nc54)[C@H](F)[C@@H]3O[Si](C)(C)C(C)(C)C)O[C@H]2C1. The van der Waals surface area contributed by atoms with E-state index in [2.05, 4.69) is 69.2 Å². The lowest BCUT2D eigenvalue weighted by Gasteiger charge is -2.39. The molecule has 1 unspecified atom stereocenters. The zero-order valence-corrected chi connectivity index (χ0v) is 28.2. The van der Waals surface area contributed by atoms with E-state index in [4.69, 9.17) is 35.8 Å². The third-order valence-corrected chi connectivity index (χ3v) is 19.4. The van der Waals surface area contributed by atoms with E-state index in [9.17, 15) is 4.79 Å². The number of nitrogens with one attached hydrogen (secondary N) is 1. The van der Waals surface area contributed by atoms with Gasteiger partial charge in [0, 0.05) is 4.75 Å². The number of anilines is 1. The topological polar surface area (TPSA) is 127 Å². The Morgan fingerprint density at radius 2 is 2.17 bits per heavy atom. The molecule has 8 atom stereocenters. The van der Waals surface area contributed by atoms with Gasteiger partial charge in [-0.25, -0.2) is 9.37 Å². The van der Waals surface area contributed by atoms with Crippen molar-refractivity contribution in [2.75, 3.05) is 12.3 Å². The van der Waals surface area contributed by atoms with E-state index in [1.807, 2.05) is 0 Å². The van der Waals surface area contributed by atoms with Crippen LogP contribution in [-0.2, 0) is 30.0 Å². The second kappa shape index (κ2) is 10.8. The highest BCUT2D eigenvalue weighted by Gasteiger charge is 2.55. The molecule has 3 fully saturated rings. The number of nitrogens with zero attached hydrogens (tertiary/aromatic N) is 3. The summed E-state index contributed by atoms with van der Waals surface area (Å²) in [7, 11) is -2.43. The zero-order valence-electron chi connectivity index (χ0n) is 24.7. The lowest BCUT2D eigenvalue weighted by atomic mass is 9.77. The third-order valence-electron chi connectivity index (χ3n) is 9.07.